The maximum atomic E-state index is 6.03. The molecule has 3 nitrogen and oxygen atoms in total. The lowest BCUT2D eigenvalue weighted by Crippen LogP contribution is -2.33. The molecule has 1 aliphatic carbocycles. The first-order valence-corrected chi connectivity index (χ1v) is 5.88. The number of rotatable bonds is 2. The fraction of sp³-hybridized carbons (Fsp3) is 0.750. The number of hydrogen-bond donors (Lipinski definition) is 1. The molecule has 2 N–H and O–H groups in total. The molecule has 0 radical (unpaired) electrons. The van der Waals surface area contributed by atoms with Gasteiger partial charge in [-0.3, -0.25) is 4.68 Å². The molecule has 0 aliphatic heterocycles. The zero-order chi connectivity index (χ0) is 10.8. The molecular weight excluding hydrogens is 186 g/mol. The van der Waals surface area contributed by atoms with E-state index in [1.807, 2.05) is 17.9 Å². The average molecular weight is 207 g/mol. The van der Waals surface area contributed by atoms with Crippen LogP contribution in [0.25, 0.3) is 0 Å². The molecule has 0 saturated heterocycles. The van der Waals surface area contributed by atoms with E-state index in [1.54, 1.807) is 0 Å². The molecule has 1 aromatic rings. The summed E-state index contributed by atoms with van der Waals surface area (Å²) in [5.74, 6) is 1.56. The van der Waals surface area contributed by atoms with Gasteiger partial charge in [0.15, 0.2) is 0 Å². The van der Waals surface area contributed by atoms with Crippen LogP contribution < -0.4 is 5.73 Å². The molecule has 0 spiro atoms. The van der Waals surface area contributed by atoms with Crippen molar-refractivity contribution in [1.82, 2.24) is 9.78 Å². The predicted octanol–water partition coefficient (Wildman–Crippen LogP) is 1.73. The second-order valence-corrected chi connectivity index (χ2v) is 5.04. The van der Waals surface area contributed by atoms with Gasteiger partial charge in [-0.1, -0.05) is 6.92 Å². The Morgan fingerprint density at radius 1 is 1.53 bits per heavy atom. The summed E-state index contributed by atoms with van der Waals surface area (Å²) in [7, 11) is 1.97. The van der Waals surface area contributed by atoms with Crippen LogP contribution >= 0.6 is 0 Å². The molecule has 3 unspecified atom stereocenters. The minimum absolute atomic E-state index is 0.419. The molecule has 84 valence electrons. The van der Waals surface area contributed by atoms with Gasteiger partial charge in [-0.25, -0.2) is 0 Å². The van der Waals surface area contributed by atoms with Crippen LogP contribution in [0, 0.1) is 11.8 Å². The standard InChI is InChI=1S/C12H21N3/c1-9-3-4-12(13)6-11(9)5-10-7-14-15(2)8-10/h7-9,11-12H,3-6,13H2,1-2H3. The number of hydrogen-bond acceptors (Lipinski definition) is 2. The zero-order valence-corrected chi connectivity index (χ0v) is 9.69. The first kappa shape index (κ1) is 10.7. The molecule has 1 aliphatic rings. The summed E-state index contributed by atoms with van der Waals surface area (Å²) in [6.45, 7) is 2.35. The van der Waals surface area contributed by atoms with Gasteiger partial charge in [0.1, 0.15) is 0 Å². The minimum Gasteiger partial charge on any atom is -0.328 e. The van der Waals surface area contributed by atoms with Crippen molar-refractivity contribution >= 4 is 0 Å². The van der Waals surface area contributed by atoms with Gasteiger partial charge in [0, 0.05) is 19.3 Å². The van der Waals surface area contributed by atoms with Gasteiger partial charge in [-0.05, 0) is 43.1 Å². The van der Waals surface area contributed by atoms with Crippen molar-refractivity contribution in [1.29, 1.82) is 0 Å². The second kappa shape index (κ2) is 4.35. The molecule has 1 fully saturated rings. The highest BCUT2D eigenvalue weighted by molar-refractivity contribution is 5.05. The molecule has 0 bridgehead atoms. The van der Waals surface area contributed by atoms with E-state index in [1.165, 1.54) is 24.8 Å². The lowest BCUT2D eigenvalue weighted by Gasteiger charge is -2.32. The molecule has 3 atom stereocenters. The molecule has 0 amide bonds. The zero-order valence-electron chi connectivity index (χ0n) is 9.69. The highest BCUT2D eigenvalue weighted by Gasteiger charge is 2.25. The molecule has 1 heterocycles. The van der Waals surface area contributed by atoms with Gasteiger partial charge in [-0.2, -0.15) is 5.10 Å². The van der Waals surface area contributed by atoms with E-state index in [9.17, 15) is 0 Å². The van der Waals surface area contributed by atoms with Crippen LogP contribution in [0.5, 0.6) is 0 Å². The number of nitrogens with two attached hydrogens (primary N) is 1. The number of aryl methyl sites for hydroxylation is 1. The van der Waals surface area contributed by atoms with E-state index >= 15 is 0 Å². The van der Waals surface area contributed by atoms with E-state index in [0.717, 1.165) is 18.3 Å². The maximum Gasteiger partial charge on any atom is 0.0521 e. The first-order valence-electron chi connectivity index (χ1n) is 5.88. The molecule has 15 heavy (non-hydrogen) atoms. The Hall–Kier alpha value is -0.830. The van der Waals surface area contributed by atoms with E-state index in [4.69, 9.17) is 5.73 Å². The van der Waals surface area contributed by atoms with Crippen molar-refractivity contribution in [2.45, 2.75) is 38.6 Å². The summed E-state index contributed by atoms with van der Waals surface area (Å²) in [6, 6.07) is 0.419. The van der Waals surface area contributed by atoms with Crippen LogP contribution in [0.3, 0.4) is 0 Å². The van der Waals surface area contributed by atoms with Crippen molar-refractivity contribution < 1.29 is 0 Å². The molecular formula is C12H21N3. The third-order valence-corrected chi connectivity index (χ3v) is 3.66. The molecule has 1 aromatic heterocycles. The molecule has 0 aromatic carbocycles. The third kappa shape index (κ3) is 2.59. The van der Waals surface area contributed by atoms with Crippen molar-refractivity contribution in [3.63, 3.8) is 0 Å². The van der Waals surface area contributed by atoms with Crippen molar-refractivity contribution in [2.75, 3.05) is 0 Å². The summed E-state index contributed by atoms with van der Waals surface area (Å²) in [6.07, 6.45) is 8.90. The Kier molecular flexibility index (Phi) is 3.10. The van der Waals surface area contributed by atoms with E-state index < -0.39 is 0 Å². The minimum atomic E-state index is 0.419. The highest BCUT2D eigenvalue weighted by atomic mass is 15.2. The quantitative estimate of drug-likeness (QED) is 0.802. The molecule has 1 saturated carbocycles. The SMILES string of the molecule is CC1CCC(N)CC1Cc1cnn(C)c1. The smallest absolute Gasteiger partial charge is 0.0521 e. The second-order valence-electron chi connectivity index (χ2n) is 5.04. The van der Waals surface area contributed by atoms with Gasteiger partial charge in [0.2, 0.25) is 0 Å². The largest absolute Gasteiger partial charge is 0.328 e. The summed E-state index contributed by atoms with van der Waals surface area (Å²) >= 11 is 0. The monoisotopic (exact) mass is 207 g/mol. The Morgan fingerprint density at radius 2 is 2.33 bits per heavy atom. The fourth-order valence-electron chi connectivity index (χ4n) is 2.62. The first-order chi connectivity index (χ1) is 7.15. The highest BCUT2D eigenvalue weighted by Crippen LogP contribution is 2.31. The van der Waals surface area contributed by atoms with Crippen LogP contribution in [0.2, 0.25) is 0 Å². The number of aromatic nitrogens is 2. The lowest BCUT2D eigenvalue weighted by atomic mass is 9.76. The Labute approximate surface area is 91.7 Å². The van der Waals surface area contributed by atoms with Crippen LogP contribution in [-0.2, 0) is 13.5 Å². The fourth-order valence-corrected chi connectivity index (χ4v) is 2.62. The van der Waals surface area contributed by atoms with Gasteiger partial charge in [0.05, 0.1) is 6.20 Å². The maximum absolute atomic E-state index is 6.03. The van der Waals surface area contributed by atoms with Gasteiger partial charge >= 0.3 is 0 Å². The summed E-state index contributed by atoms with van der Waals surface area (Å²) in [5, 5.41) is 4.21. The van der Waals surface area contributed by atoms with Crippen molar-refractivity contribution in [3.05, 3.63) is 18.0 Å². The Morgan fingerprint density at radius 3 is 3.00 bits per heavy atom. The van der Waals surface area contributed by atoms with Crippen LogP contribution in [0.1, 0.15) is 31.7 Å². The predicted molar refractivity (Wildman–Crippen MR) is 61.4 cm³/mol. The van der Waals surface area contributed by atoms with Gasteiger partial charge in [-0.15, -0.1) is 0 Å². The summed E-state index contributed by atoms with van der Waals surface area (Å²) in [4.78, 5) is 0. The van der Waals surface area contributed by atoms with Crippen LogP contribution in [-0.4, -0.2) is 15.8 Å². The van der Waals surface area contributed by atoms with Crippen LogP contribution in [0.4, 0.5) is 0 Å². The van der Waals surface area contributed by atoms with Crippen LogP contribution in [0.15, 0.2) is 12.4 Å². The summed E-state index contributed by atoms with van der Waals surface area (Å²) < 4.78 is 1.88. The molecule has 2 rings (SSSR count). The molecule has 3 heteroatoms. The van der Waals surface area contributed by atoms with Gasteiger partial charge in [0.25, 0.3) is 0 Å². The topological polar surface area (TPSA) is 43.8 Å². The Bertz CT molecular complexity index is 318. The number of nitrogens with zero attached hydrogens (tertiary/aromatic N) is 2. The van der Waals surface area contributed by atoms with E-state index in [0.29, 0.717) is 6.04 Å². The third-order valence-electron chi connectivity index (χ3n) is 3.66. The Balaban J connectivity index is 1.98. The lowest BCUT2D eigenvalue weighted by molar-refractivity contribution is 0.231. The van der Waals surface area contributed by atoms with E-state index in [-0.39, 0.29) is 0 Å². The van der Waals surface area contributed by atoms with E-state index in [2.05, 4.69) is 18.2 Å². The van der Waals surface area contributed by atoms with Gasteiger partial charge < -0.3 is 5.73 Å². The van der Waals surface area contributed by atoms with Crippen molar-refractivity contribution in [3.8, 4) is 0 Å². The summed E-state index contributed by atoms with van der Waals surface area (Å²) in [5.41, 5.74) is 7.38. The average Bonchev–Trinajstić information content (AvgIpc) is 2.58. The van der Waals surface area contributed by atoms with Crippen molar-refractivity contribution in [2.24, 2.45) is 24.6 Å². The normalized spacial score (nSPS) is 31.8.